The predicted molar refractivity (Wildman–Crippen MR) is 80.3 cm³/mol. The maximum atomic E-state index is 13.4. The third-order valence-electron chi connectivity index (χ3n) is 3.26. The van der Waals surface area contributed by atoms with Crippen molar-refractivity contribution >= 4 is 17.2 Å². The molecule has 2 aromatic rings. The van der Waals surface area contributed by atoms with Crippen LogP contribution < -0.4 is 4.90 Å². The van der Waals surface area contributed by atoms with E-state index in [1.807, 2.05) is 36.9 Å². The molecule has 0 amide bonds. The molecule has 0 aromatic heterocycles. The van der Waals surface area contributed by atoms with E-state index in [4.69, 9.17) is 0 Å². The minimum absolute atomic E-state index is 0.134. The van der Waals surface area contributed by atoms with Gasteiger partial charge in [0.2, 0.25) is 0 Å². The van der Waals surface area contributed by atoms with Crippen molar-refractivity contribution < 1.29 is 9.18 Å². The number of hydrogen-bond acceptors (Lipinski definition) is 2. The molecule has 0 atom stereocenters. The first-order valence-electron chi connectivity index (χ1n) is 6.67. The molecule has 0 N–H and O–H groups in total. The number of anilines is 2. The van der Waals surface area contributed by atoms with Crippen molar-refractivity contribution in [2.45, 2.75) is 20.8 Å². The lowest BCUT2D eigenvalue weighted by Crippen LogP contribution is -2.19. The average molecular weight is 271 g/mol. The summed E-state index contributed by atoms with van der Waals surface area (Å²) >= 11 is 0. The molecule has 0 radical (unpaired) electrons. The summed E-state index contributed by atoms with van der Waals surface area (Å²) in [6, 6.07) is 12.4. The number of rotatable bonds is 4. The lowest BCUT2D eigenvalue weighted by atomic mass is 10.1. The van der Waals surface area contributed by atoms with Crippen LogP contribution in [0, 0.1) is 12.7 Å². The fourth-order valence-corrected chi connectivity index (χ4v) is 2.31. The molecule has 0 saturated heterocycles. The molecule has 2 aromatic carbocycles. The molecule has 20 heavy (non-hydrogen) atoms. The summed E-state index contributed by atoms with van der Waals surface area (Å²) in [6.07, 6.45) is 0. The molecule has 2 nitrogen and oxygen atoms in total. The molecule has 0 unspecified atom stereocenters. The molecule has 0 spiro atoms. The number of carbonyl (C=O) groups excluding carboxylic acids is 1. The van der Waals surface area contributed by atoms with Gasteiger partial charge in [-0.15, -0.1) is 0 Å². The van der Waals surface area contributed by atoms with E-state index in [2.05, 4.69) is 6.07 Å². The Hall–Kier alpha value is -2.16. The number of aryl methyl sites for hydroxylation is 1. The van der Waals surface area contributed by atoms with E-state index in [1.165, 1.54) is 19.1 Å². The van der Waals surface area contributed by atoms with Crippen molar-refractivity contribution in [2.24, 2.45) is 0 Å². The number of hydrogen-bond donors (Lipinski definition) is 0. The Balaban J connectivity index is 2.55. The molecule has 3 heteroatoms. The quantitative estimate of drug-likeness (QED) is 0.763. The fraction of sp³-hybridized carbons (Fsp3) is 0.235. The molecule has 0 saturated carbocycles. The molecule has 2 rings (SSSR count). The van der Waals surface area contributed by atoms with Gasteiger partial charge in [0.1, 0.15) is 5.82 Å². The Morgan fingerprint density at radius 2 is 1.95 bits per heavy atom. The highest BCUT2D eigenvalue weighted by Gasteiger charge is 2.15. The average Bonchev–Trinajstić information content (AvgIpc) is 2.41. The van der Waals surface area contributed by atoms with Crippen molar-refractivity contribution in [1.29, 1.82) is 0 Å². The van der Waals surface area contributed by atoms with E-state index in [9.17, 15) is 9.18 Å². The molecule has 0 aliphatic carbocycles. The van der Waals surface area contributed by atoms with Gasteiger partial charge in [0, 0.05) is 17.8 Å². The van der Waals surface area contributed by atoms with Crippen LogP contribution in [0.25, 0.3) is 0 Å². The van der Waals surface area contributed by atoms with Crippen LogP contribution in [0.1, 0.15) is 29.8 Å². The number of Topliss-reactive ketones (excluding diaryl/α,β-unsaturated/α-hetero) is 1. The van der Waals surface area contributed by atoms with Gasteiger partial charge in [-0.25, -0.2) is 4.39 Å². The molecule has 0 aliphatic heterocycles. The van der Waals surface area contributed by atoms with Crippen LogP contribution in [0.4, 0.5) is 15.8 Å². The molecule has 0 fully saturated rings. The van der Waals surface area contributed by atoms with Crippen LogP contribution in [0.2, 0.25) is 0 Å². The van der Waals surface area contributed by atoms with Gasteiger partial charge in [-0.3, -0.25) is 4.79 Å². The molecular weight excluding hydrogens is 253 g/mol. The summed E-state index contributed by atoms with van der Waals surface area (Å²) in [5.41, 5.74) is 3.30. The van der Waals surface area contributed by atoms with E-state index in [0.717, 1.165) is 16.9 Å². The van der Waals surface area contributed by atoms with Gasteiger partial charge >= 0.3 is 0 Å². The lowest BCUT2D eigenvalue weighted by Gasteiger charge is -2.25. The Morgan fingerprint density at radius 3 is 2.55 bits per heavy atom. The van der Waals surface area contributed by atoms with Crippen LogP contribution in [-0.2, 0) is 0 Å². The normalized spacial score (nSPS) is 10.4. The number of ketones is 1. The largest absolute Gasteiger partial charge is 0.341 e. The third-order valence-corrected chi connectivity index (χ3v) is 3.26. The summed E-state index contributed by atoms with van der Waals surface area (Å²) in [7, 11) is 0. The third kappa shape index (κ3) is 2.87. The van der Waals surface area contributed by atoms with Gasteiger partial charge in [-0.2, -0.15) is 0 Å². The van der Waals surface area contributed by atoms with E-state index >= 15 is 0 Å². The Bertz CT molecular complexity index is 637. The topological polar surface area (TPSA) is 20.3 Å². The minimum atomic E-state index is -0.390. The van der Waals surface area contributed by atoms with Crippen LogP contribution in [0.3, 0.4) is 0 Å². The van der Waals surface area contributed by atoms with Crippen LogP contribution >= 0.6 is 0 Å². The number of benzene rings is 2. The molecule has 0 aliphatic rings. The first-order valence-corrected chi connectivity index (χ1v) is 6.67. The standard InChI is InChI=1S/C17H18FNO/c1-4-19(15-7-5-6-12(2)10-15)17-9-8-14(18)11-16(17)13(3)20/h5-11H,4H2,1-3H3. The highest BCUT2D eigenvalue weighted by molar-refractivity contribution is 6.00. The monoisotopic (exact) mass is 271 g/mol. The molecule has 0 bridgehead atoms. The van der Waals surface area contributed by atoms with Crippen molar-refractivity contribution in [1.82, 2.24) is 0 Å². The molecule has 104 valence electrons. The summed E-state index contributed by atoms with van der Waals surface area (Å²) in [4.78, 5) is 13.8. The second-order valence-electron chi connectivity index (χ2n) is 4.80. The van der Waals surface area contributed by atoms with Crippen molar-refractivity contribution in [3.05, 3.63) is 59.4 Å². The second kappa shape index (κ2) is 5.87. The number of nitrogens with zero attached hydrogens (tertiary/aromatic N) is 1. The van der Waals surface area contributed by atoms with E-state index < -0.39 is 0 Å². The van der Waals surface area contributed by atoms with Crippen molar-refractivity contribution in [3.63, 3.8) is 0 Å². The van der Waals surface area contributed by atoms with Crippen molar-refractivity contribution in [3.8, 4) is 0 Å². The number of carbonyl (C=O) groups is 1. The Morgan fingerprint density at radius 1 is 1.20 bits per heavy atom. The summed E-state index contributed by atoms with van der Waals surface area (Å²) in [5, 5.41) is 0. The van der Waals surface area contributed by atoms with E-state index in [-0.39, 0.29) is 11.6 Å². The zero-order valence-corrected chi connectivity index (χ0v) is 12.0. The summed E-state index contributed by atoms with van der Waals surface area (Å²) in [6.45, 7) is 6.20. The summed E-state index contributed by atoms with van der Waals surface area (Å²) in [5.74, 6) is -0.523. The first-order chi connectivity index (χ1) is 9.52. The maximum Gasteiger partial charge on any atom is 0.162 e. The summed E-state index contributed by atoms with van der Waals surface area (Å²) < 4.78 is 13.4. The van der Waals surface area contributed by atoms with Crippen LogP contribution in [0.5, 0.6) is 0 Å². The van der Waals surface area contributed by atoms with Gasteiger partial charge in [0.25, 0.3) is 0 Å². The lowest BCUT2D eigenvalue weighted by molar-refractivity contribution is 0.101. The molecule has 0 heterocycles. The highest BCUT2D eigenvalue weighted by Crippen LogP contribution is 2.29. The fourth-order valence-electron chi connectivity index (χ4n) is 2.31. The van der Waals surface area contributed by atoms with E-state index in [1.54, 1.807) is 6.07 Å². The van der Waals surface area contributed by atoms with Crippen molar-refractivity contribution in [2.75, 3.05) is 11.4 Å². The second-order valence-corrected chi connectivity index (χ2v) is 4.80. The smallest absolute Gasteiger partial charge is 0.162 e. The first kappa shape index (κ1) is 14.3. The van der Waals surface area contributed by atoms with Gasteiger partial charge < -0.3 is 4.90 Å². The van der Waals surface area contributed by atoms with Crippen LogP contribution in [0.15, 0.2) is 42.5 Å². The predicted octanol–water partition coefficient (Wildman–Crippen LogP) is 4.49. The van der Waals surface area contributed by atoms with Gasteiger partial charge in [0.15, 0.2) is 5.78 Å². The van der Waals surface area contributed by atoms with E-state index in [0.29, 0.717) is 12.1 Å². The minimum Gasteiger partial charge on any atom is -0.341 e. The van der Waals surface area contributed by atoms with Gasteiger partial charge in [-0.1, -0.05) is 12.1 Å². The zero-order chi connectivity index (χ0) is 14.7. The Kier molecular flexibility index (Phi) is 4.18. The Labute approximate surface area is 118 Å². The van der Waals surface area contributed by atoms with Gasteiger partial charge in [-0.05, 0) is 56.7 Å². The number of halogens is 1. The van der Waals surface area contributed by atoms with Gasteiger partial charge in [0.05, 0.1) is 5.69 Å². The zero-order valence-electron chi connectivity index (χ0n) is 12.0. The SMILES string of the molecule is CCN(c1cccc(C)c1)c1ccc(F)cc1C(C)=O. The molecular formula is C17H18FNO. The maximum absolute atomic E-state index is 13.4. The highest BCUT2D eigenvalue weighted by atomic mass is 19.1. The van der Waals surface area contributed by atoms with Crippen LogP contribution in [-0.4, -0.2) is 12.3 Å².